The van der Waals surface area contributed by atoms with Crippen molar-refractivity contribution < 1.29 is 50.1 Å². The van der Waals surface area contributed by atoms with Crippen molar-refractivity contribution >= 4 is 17.8 Å². The number of carboxylic acid groups (broad SMARTS) is 1. The van der Waals surface area contributed by atoms with Crippen molar-refractivity contribution in [3.05, 3.63) is 59.6 Å². The maximum absolute atomic E-state index is 13.9. The fraction of sp³-hybridized carbons (Fsp3) is 0.300. The monoisotopic (exact) mass is 506 g/mol. The number of alkyl halides is 6. The van der Waals surface area contributed by atoms with Gasteiger partial charge in [0.15, 0.2) is 0 Å². The van der Waals surface area contributed by atoms with Gasteiger partial charge in [-0.2, -0.15) is 31.2 Å². The molecule has 1 unspecified atom stereocenters. The highest BCUT2D eigenvalue weighted by Gasteiger charge is 2.58. The van der Waals surface area contributed by atoms with Gasteiger partial charge in [0.2, 0.25) is 11.5 Å². The molecule has 0 saturated heterocycles. The molecule has 3 aromatic rings. The molecule has 0 aliphatic heterocycles. The molecule has 0 aliphatic rings. The van der Waals surface area contributed by atoms with E-state index < -0.39 is 59.7 Å². The molecule has 0 spiro atoms. The van der Waals surface area contributed by atoms with Gasteiger partial charge in [-0.25, -0.2) is 9.78 Å². The fourth-order valence-corrected chi connectivity index (χ4v) is 2.80. The first-order valence-corrected chi connectivity index (χ1v) is 9.51. The molecule has 0 saturated carbocycles. The summed E-state index contributed by atoms with van der Waals surface area (Å²) in [7, 11) is 0.921. The van der Waals surface area contributed by atoms with Crippen molar-refractivity contribution in [2.24, 2.45) is 0 Å². The van der Waals surface area contributed by atoms with Crippen molar-refractivity contribution in [2.45, 2.75) is 31.5 Å². The zero-order valence-electron chi connectivity index (χ0n) is 17.9. The summed E-state index contributed by atoms with van der Waals surface area (Å²) in [6, 6.07) is 7.13. The van der Waals surface area contributed by atoms with Gasteiger partial charge < -0.3 is 19.0 Å². The van der Waals surface area contributed by atoms with Crippen molar-refractivity contribution in [2.75, 3.05) is 12.0 Å². The van der Waals surface area contributed by atoms with Gasteiger partial charge in [0.25, 0.3) is 5.89 Å². The van der Waals surface area contributed by atoms with E-state index in [2.05, 4.69) is 19.9 Å². The minimum absolute atomic E-state index is 0.0478. The lowest BCUT2D eigenvalue weighted by Crippen LogP contribution is -2.42. The minimum Gasteiger partial charge on any atom is -0.481 e. The Hall–Kier alpha value is -3.88. The van der Waals surface area contributed by atoms with E-state index in [9.17, 15) is 36.2 Å². The molecule has 9 nitrogen and oxygen atoms in total. The zero-order chi connectivity index (χ0) is 26.0. The fourth-order valence-electron chi connectivity index (χ4n) is 2.80. The molecule has 0 fully saturated rings. The highest BCUT2D eigenvalue weighted by molar-refractivity contribution is 5.92. The summed E-state index contributed by atoms with van der Waals surface area (Å²) >= 11 is 0. The summed E-state index contributed by atoms with van der Waals surface area (Å²) in [5.74, 6) is -2.02. The van der Waals surface area contributed by atoms with Crippen LogP contribution in [0.25, 0.3) is 0 Å². The lowest BCUT2D eigenvalue weighted by Gasteiger charge is -2.28. The normalized spacial score (nSPS) is 13.8. The molecule has 35 heavy (non-hydrogen) atoms. The summed E-state index contributed by atoms with van der Waals surface area (Å²) in [5.41, 5.74) is -4.96. The Labute approximate surface area is 192 Å². The molecule has 0 radical (unpaired) electrons. The third-order valence-corrected chi connectivity index (χ3v) is 4.71. The van der Waals surface area contributed by atoms with Crippen LogP contribution in [0.3, 0.4) is 0 Å². The standard InChI is InChI=1S/C20H16F6N4O5/c1-18(20(24,25)26,34-10-11-6-4-3-5-7-11)15-28-29-16(35-15)30(17(31)32)12-8-13(19(21,22)23)14(33-2)27-9-12/h3-9H,10H2,1-2H3,(H,31,32). The van der Waals surface area contributed by atoms with E-state index in [0.29, 0.717) is 24.8 Å². The third kappa shape index (κ3) is 5.29. The molecule has 1 aromatic carbocycles. The molecule has 0 bridgehead atoms. The van der Waals surface area contributed by atoms with Crippen LogP contribution in [-0.2, 0) is 23.1 Å². The van der Waals surface area contributed by atoms with Crippen LogP contribution in [0.5, 0.6) is 5.88 Å². The maximum Gasteiger partial charge on any atom is 0.426 e. The summed E-state index contributed by atoms with van der Waals surface area (Å²) in [6.07, 6.45) is -11.3. The smallest absolute Gasteiger partial charge is 0.426 e. The van der Waals surface area contributed by atoms with Gasteiger partial charge in [-0.3, -0.25) is 0 Å². The number of hydrogen-bond acceptors (Lipinski definition) is 7. The topological polar surface area (TPSA) is 111 Å². The van der Waals surface area contributed by atoms with E-state index in [1.54, 1.807) is 18.2 Å². The molecular weight excluding hydrogens is 490 g/mol. The van der Waals surface area contributed by atoms with E-state index in [-0.39, 0.29) is 4.90 Å². The van der Waals surface area contributed by atoms with Gasteiger partial charge >= 0.3 is 24.5 Å². The summed E-state index contributed by atoms with van der Waals surface area (Å²) in [6.45, 7) is 0.0730. The number of rotatable bonds is 7. The van der Waals surface area contributed by atoms with Crippen LogP contribution >= 0.6 is 0 Å². The average molecular weight is 506 g/mol. The average Bonchev–Trinajstić information content (AvgIpc) is 3.26. The van der Waals surface area contributed by atoms with Crippen LogP contribution in [-0.4, -0.2) is 39.7 Å². The molecule has 2 heterocycles. The molecule has 0 aliphatic carbocycles. The first-order chi connectivity index (χ1) is 16.3. The van der Waals surface area contributed by atoms with Crippen molar-refractivity contribution in [3.63, 3.8) is 0 Å². The summed E-state index contributed by atoms with van der Waals surface area (Å²) in [5, 5.41) is 16.1. The number of amides is 1. The number of carbonyl (C=O) groups is 1. The van der Waals surface area contributed by atoms with Gasteiger partial charge in [0.05, 0.1) is 25.6 Å². The van der Waals surface area contributed by atoms with Gasteiger partial charge in [-0.15, -0.1) is 5.10 Å². The number of aromatic nitrogens is 3. The van der Waals surface area contributed by atoms with E-state index in [0.717, 1.165) is 7.11 Å². The second kappa shape index (κ2) is 9.40. The highest BCUT2D eigenvalue weighted by Crippen LogP contribution is 2.43. The minimum atomic E-state index is -5.09. The number of ether oxygens (including phenoxy) is 2. The number of anilines is 2. The largest absolute Gasteiger partial charge is 0.481 e. The molecule has 2 aromatic heterocycles. The predicted octanol–water partition coefficient (Wildman–Crippen LogP) is 5.30. The van der Waals surface area contributed by atoms with Crippen LogP contribution in [0, 0.1) is 0 Å². The second-order valence-electron chi connectivity index (χ2n) is 7.06. The Kier molecular flexibility index (Phi) is 6.91. The van der Waals surface area contributed by atoms with Crippen molar-refractivity contribution in [1.29, 1.82) is 0 Å². The van der Waals surface area contributed by atoms with Crippen LogP contribution < -0.4 is 9.64 Å². The molecule has 15 heteroatoms. The zero-order valence-corrected chi connectivity index (χ0v) is 17.9. The number of halogens is 6. The number of pyridine rings is 1. The van der Waals surface area contributed by atoms with E-state index in [4.69, 9.17) is 9.15 Å². The number of benzene rings is 1. The number of nitrogens with zero attached hydrogens (tertiary/aromatic N) is 4. The Bertz CT molecular complexity index is 1180. The van der Waals surface area contributed by atoms with Gasteiger partial charge in [-0.05, 0) is 18.6 Å². The molecule has 3 rings (SSSR count). The first-order valence-electron chi connectivity index (χ1n) is 9.51. The lowest BCUT2D eigenvalue weighted by molar-refractivity contribution is -0.289. The van der Waals surface area contributed by atoms with Crippen LogP contribution in [0.4, 0.5) is 42.8 Å². The molecule has 1 amide bonds. The van der Waals surface area contributed by atoms with Crippen LogP contribution in [0.15, 0.2) is 47.0 Å². The molecular formula is C20H16F6N4O5. The van der Waals surface area contributed by atoms with Gasteiger partial charge in [-0.1, -0.05) is 35.4 Å². The third-order valence-electron chi connectivity index (χ3n) is 4.71. The van der Waals surface area contributed by atoms with Crippen molar-refractivity contribution in [3.8, 4) is 5.88 Å². The quantitative estimate of drug-likeness (QED) is 0.430. The van der Waals surface area contributed by atoms with Crippen LogP contribution in [0.2, 0.25) is 0 Å². The first kappa shape index (κ1) is 25.7. The number of hydrogen-bond donors (Lipinski definition) is 1. The summed E-state index contributed by atoms with van der Waals surface area (Å²) < 4.78 is 96.3. The highest BCUT2D eigenvalue weighted by atomic mass is 19.4. The van der Waals surface area contributed by atoms with Gasteiger partial charge in [0, 0.05) is 0 Å². The molecule has 188 valence electrons. The SMILES string of the molecule is COc1ncc(N(C(=O)O)c2nnc(C(C)(OCc3ccccc3)C(F)(F)F)o2)cc1C(F)(F)F. The Morgan fingerprint density at radius 2 is 1.77 bits per heavy atom. The summed E-state index contributed by atoms with van der Waals surface area (Å²) in [4.78, 5) is 15.2. The Morgan fingerprint density at radius 1 is 1.11 bits per heavy atom. The predicted molar refractivity (Wildman–Crippen MR) is 105 cm³/mol. The van der Waals surface area contributed by atoms with Crippen molar-refractivity contribution in [1.82, 2.24) is 15.2 Å². The van der Waals surface area contributed by atoms with E-state index in [1.807, 2.05) is 0 Å². The second-order valence-corrected chi connectivity index (χ2v) is 7.06. The number of methoxy groups -OCH3 is 1. The molecule has 1 atom stereocenters. The van der Waals surface area contributed by atoms with Gasteiger partial charge in [0.1, 0.15) is 5.56 Å². The lowest BCUT2D eigenvalue weighted by atomic mass is 10.1. The van der Waals surface area contributed by atoms with E-state index in [1.165, 1.54) is 12.1 Å². The maximum atomic E-state index is 13.9. The van der Waals surface area contributed by atoms with Crippen LogP contribution in [0.1, 0.15) is 23.9 Å². The van der Waals surface area contributed by atoms with E-state index >= 15 is 0 Å². The molecule has 1 N–H and O–H groups in total. The Morgan fingerprint density at radius 3 is 2.31 bits per heavy atom. The Balaban J connectivity index is 2.01.